The van der Waals surface area contributed by atoms with Gasteiger partial charge in [-0.15, -0.1) is 0 Å². The van der Waals surface area contributed by atoms with Crippen LogP contribution in [-0.4, -0.2) is 4.92 Å². The van der Waals surface area contributed by atoms with E-state index in [2.05, 4.69) is 0 Å². The van der Waals surface area contributed by atoms with Crippen molar-refractivity contribution < 1.29 is 18.4 Å². The van der Waals surface area contributed by atoms with Gasteiger partial charge in [-0.1, -0.05) is 23.7 Å². The quantitative estimate of drug-likeness (QED) is 0.630. The third-order valence-electron chi connectivity index (χ3n) is 2.54. The van der Waals surface area contributed by atoms with E-state index in [0.717, 1.165) is 6.07 Å². The normalized spacial score (nSPS) is 10.3. The smallest absolute Gasteiger partial charge is 0.288 e. The molecule has 0 N–H and O–H groups in total. The number of ether oxygens (including phenoxy) is 1. The first-order valence-corrected chi connectivity index (χ1v) is 5.86. The van der Waals surface area contributed by atoms with Crippen molar-refractivity contribution >= 4 is 17.3 Å². The van der Waals surface area contributed by atoms with Crippen LogP contribution in [0.4, 0.5) is 14.5 Å². The van der Waals surface area contributed by atoms with Gasteiger partial charge in [-0.25, -0.2) is 8.78 Å². The molecule has 0 aliphatic rings. The van der Waals surface area contributed by atoms with E-state index < -0.39 is 16.6 Å². The predicted octanol–water partition coefficient (Wildman–Crippen LogP) is 4.11. The van der Waals surface area contributed by atoms with Crippen molar-refractivity contribution in [2.75, 3.05) is 0 Å². The second-order valence-electron chi connectivity index (χ2n) is 3.87. The molecule has 2 aromatic carbocycles. The lowest BCUT2D eigenvalue weighted by Crippen LogP contribution is -2.00. The van der Waals surface area contributed by atoms with Gasteiger partial charge in [0.15, 0.2) is 11.6 Å². The SMILES string of the molecule is O=[N+]([O-])c1ccc(OCc2cccc(F)c2F)cc1Cl. The fourth-order valence-corrected chi connectivity index (χ4v) is 1.79. The van der Waals surface area contributed by atoms with Crippen molar-refractivity contribution in [1.29, 1.82) is 0 Å². The first kappa shape index (κ1) is 14.2. The zero-order valence-corrected chi connectivity index (χ0v) is 10.7. The average Bonchev–Trinajstić information content (AvgIpc) is 2.40. The van der Waals surface area contributed by atoms with Gasteiger partial charge in [-0.3, -0.25) is 10.1 Å². The number of nitrogens with zero attached hydrogens (tertiary/aromatic N) is 1. The molecule has 2 aromatic rings. The number of benzene rings is 2. The van der Waals surface area contributed by atoms with Crippen LogP contribution in [0.15, 0.2) is 36.4 Å². The van der Waals surface area contributed by atoms with Gasteiger partial charge in [-0.05, 0) is 12.1 Å². The highest BCUT2D eigenvalue weighted by atomic mass is 35.5. The van der Waals surface area contributed by atoms with Crippen molar-refractivity contribution in [3.8, 4) is 5.75 Å². The summed E-state index contributed by atoms with van der Waals surface area (Å²) in [6.45, 7) is -0.211. The first-order chi connectivity index (χ1) is 9.49. The molecule has 7 heteroatoms. The largest absolute Gasteiger partial charge is 0.489 e. The van der Waals surface area contributed by atoms with Crippen molar-refractivity contribution in [3.63, 3.8) is 0 Å². The average molecular weight is 300 g/mol. The molecule has 0 atom stereocenters. The lowest BCUT2D eigenvalue weighted by atomic mass is 10.2. The Morgan fingerprint density at radius 2 is 2.00 bits per heavy atom. The highest BCUT2D eigenvalue weighted by Crippen LogP contribution is 2.28. The molecule has 0 fully saturated rings. The second-order valence-corrected chi connectivity index (χ2v) is 4.28. The van der Waals surface area contributed by atoms with E-state index in [1.807, 2.05) is 0 Å². The van der Waals surface area contributed by atoms with Gasteiger partial charge < -0.3 is 4.74 Å². The van der Waals surface area contributed by atoms with Gasteiger partial charge in [-0.2, -0.15) is 0 Å². The van der Waals surface area contributed by atoms with E-state index in [9.17, 15) is 18.9 Å². The Balaban J connectivity index is 2.13. The molecule has 0 heterocycles. The third-order valence-corrected chi connectivity index (χ3v) is 2.84. The molecular weight excluding hydrogens is 292 g/mol. The van der Waals surface area contributed by atoms with Crippen LogP contribution in [0.3, 0.4) is 0 Å². The molecule has 20 heavy (non-hydrogen) atoms. The molecule has 0 aliphatic heterocycles. The van der Waals surface area contributed by atoms with Gasteiger partial charge in [0.05, 0.1) is 4.92 Å². The summed E-state index contributed by atoms with van der Waals surface area (Å²) < 4.78 is 31.6. The molecule has 0 aliphatic carbocycles. The van der Waals surface area contributed by atoms with Crippen LogP contribution in [-0.2, 0) is 6.61 Å². The Morgan fingerprint density at radius 3 is 2.65 bits per heavy atom. The Hall–Kier alpha value is -2.21. The van der Waals surface area contributed by atoms with Crippen LogP contribution >= 0.6 is 11.6 Å². The number of hydrogen-bond acceptors (Lipinski definition) is 3. The summed E-state index contributed by atoms with van der Waals surface area (Å²) in [6, 6.07) is 7.50. The van der Waals surface area contributed by atoms with Gasteiger partial charge in [0.25, 0.3) is 5.69 Å². The van der Waals surface area contributed by atoms with Gasteiger partial charge >= 0.3 is 0 Å². The maximum atomic E-state index is 13.4. The monoisotopic (exact) mass is 299 g/mol. The predicted molar refractivity (Wildman–Crippen MR) is 68.8 cm³/mol. The van der Waals surface area contributed by atoms with E-state index in [4.69, 9.17) is 16.3 Å². The summed E-state index contributed by atoms with van der Waals surface area (Å²) in [5.41, 5.74) is -0.213. The van der Waals surface area contributed by atoms with E-state index in [-0.39, 0.29) is 28.6 Å². The zero-order chi connectivity index (χ0) is 14.7. The summed E-state index contributed by atoms with van der Waals surface area (Å²) in [5, 5.41) is 10.5. The summed E-state index contributed by atoms with van der Waals surface area (Å²) in [6.07, 6.45) is 0. The van der Waals surface area contributed by atoms with E-state index in [1.165, 1.54) is 30.3 Å². The maximum Gasteiger partial charge on any atom is 0.288 e. The van der Waals surface area contributed by atoms with Gasteiger partial charge in [0, 0.05) is 17.7 Å². The minimum Gasteiger partial charge on any atom is -0.489 e. The van der Waals surface area contributed by atoms with Crippen LogP contribution < -0.4 is 4.74 Å². The fraction of sp³-hybridized carbons (Fsp3) is 0.0769. The summed E-state index contributed by atoms with van der Waals surface area (Å²) in [7, 11) is 0. The first-order valence-electron chi connectivity index (χ1n) is 5.48. The fourth-order valence-electron chi connectivity index (χ4n) is 1.55. The molecular formula is C13H8ClF2NO3. The number of halogens is 3. The third kappa shape index (κ3) is 3.03. The van der Waals surface area contributed by atoms with Gasteiger partial charge in [0.2, 0.25) is 0 Å². The second kappa shape index (κ2) is 5.83. The highest BCUT2D eigenvalue weighted by molar-refractivity contribution is 6.32. The van der Waals surface area contributed by atoms with E-state index >= 15 is 0 Å². The van der Waals surface area contributed by atoms with Crippen molar-refractivity contribution in [2.24, 2.45) is 0 Å². The van der Waals surface area contributed by atoms with Crippen molar-refractivity contribution in [1.82, 2.24) is 0 Å². The number of rotatable bonds is 4. The molecule has 0 saturated heterocycles. The minimum atomic E-state index is -0.986. The molecule has 0 aromatic heterocycles. The van der Waals surface area contributed by atoms with Crippen LogP contribution in [0.25, 0.3) is 0 Å². The van der Waals surface area contributed by atoms with Crippen LogP contribution in [0.5, 0.6) is 5.75 Å². The minimum absolute atomic E-state index is 0.0412. The molecule has 0 radical (unpaired) electrons. The summed E-state index contributed by atoms with van der Waals surface area (Å²) >= 11 is 5.71. The molecule has 0 amide bonds. The molecule has 0 spiro atoms. The highest BCUT2D eigenvalue weighted by Gasteiger charge is 2.13. The van der Waals surface area contributed by atoms with E-state index in [1.54, 1.807) is 0 Å². The van der Waals surface area contributed by atoms with Crippen LogP contribution in [0, 0.1) is 21.7 Å². The Labute approximate surface area is 117 Å². The van der Waals surface area contributed by atoms with Gasteiger partial charge in [0.1, 0.15) is 17.4 Å². The van der Waals surface area contributed by atoms with Crippen LogP contribution in [0.1, 0.15) is 5.56 Å². The number of nitro groups is 1. The molecule has 0 saturated carbocycles. The van der Waals surface area contributed by atoms with Crippen LogP contribution in [0.2, 0.25) is 5.02 Å². The molecule has 4 nitrogen and oxygen atoms in total. The van der Waals surface area contributed by atoms with E-state index in [0.29, 0.717) is 0 Å². The Kier molecular flexibility index (Phi) is 4.14. The molecule has 2 rings (SSSR count). The molecule has 0 unspecified atom stereocenters. The Bertz CT molecular complexity index is 664. The summed E-state index contributed by atoms with van der Waals surface area (Å²) in [4.78, 5) is 9.96. The zero-order valence-electron chi connectivity index (χ0n) is 9.98. The number of hydrogen-bond donors (Lipinski definition) is 0. The summed E-state index contributed by atoms with van der Waals surface area (Å²) in [5.74, 6) is -1.72. The molecule has 0 bridgehead atoms. The lowest BCUT2D eigenvalue weighted by Gasteiger charge is -2.08. The number of nitro benzene ring substituents is 1. The van der Waals surface area contributed by atoms with Crippen molar-refractivity contribution in [2.45, 2.75) is 6.61 Å². The standard InChI is InChI=1S/C13H8ClF2NO3/c14-10-6-9(4-5-12(10)17(18)19)20-7-8-2-1-3-11(15)13(8)16/h1-6H,7H2. The lowest BCUT2D eigenvalue weighted by molar-refractivity contribution is -0.384. The van der Waals surface area contributed by atoms with Crippen molar-refractivity contribution in [3.05, 3.63) is 68.7 Å². The molecule has 104 valence electrons. The topological polar surface area (TPSA) is 52.4 Å². The maximum absolute atomic E-state index is 13.4. The Morgan fingerprint density at radius 1 is 1.25 bits per heavy atom.